The van der Waals surface area contributed by atoms with E-state index in [1.807, 2.05) is 29.7 Å². The lowest BCUT2D eigenvalue weighted by molar-refractivity contribution is 0.528. The molecule has 2 atom stereocenters. The van der Waals surface area contributed by atoms with Crippen LogP contribution in [0.1, 0.15) is 37.4 Å². The molecule has 2 unspecified atom stereocenters. The summed E-state index contributed by atoms with van der Waals surface area (Å²) in [5, 5.41) is 8.38. The van der Waals surface area contributed by atoms with Gasteiger partial charge in [-0.05, 0) is 25.5 Å². The van der Waals surface area contributed by atoms with Crippen LogP contribution in [0.15, 0.2) is 41.6 Å². The molecule has 0 fully saturated rings. The van der Waals surface area contributed by atoms with E-state index in [0.29, 0.717) is 11.3 Å². The Kier molecular flexibility index (Phi) is 5.88. The van der Waals surface area contributed by atoms with E-state index in [4.69, 9.17) is 0 Å². The Morgan fingerprint density at radius 2 is 2.00 bits per heavy atom. The molecular weight excluding hydrogens is 278 g/mol. The third-order valence-electron chi connectivity index (χ3n) is 3.52. The number of nitrogens with one attached hydrogen (secondary N) is 1. The van der Waals surface area contributed by atoms with Crippen molar-refractivity contribution in [3.05, 3.63) is 47.8 Å². The van der Waals surface area contributed by atoms with Gasteiger partial charge in [0.15, 0.2) is 0 Å². The van der Waals surface area contributed by atoms with Crippen LogP contribution in [0.4, 0.5) is 0 Å². The molecule has 2 aromatic rings. The van der Waals surface area contributed by atoms with Gasteiger partial charge >= 0.3 is 0 Å². The van der Waals surface area contributed by atoms with Crippen molar-refractivity contribution in [2.24, 2.45) is 7.05 Å². The summed E-state index contributed by atoms with van der Waals surface area (Å²) < 4.78 is 1.86. The molecule has 0 spiro atoms. The van der Waals surface area contributed by atoms with Gasteiger partial charge in [-0.25, -0.2) is 0 Å². The van der Waals surface area contributed by atoms with Crippen molar-refractivity contribution in [2.45, 2.75) is 43.4 Å². The average Bonchev–Trinajstić information content (AvgIpc) is 2.86. The molecule has 0 aliphatic rings. The number of thioether (sulfide) groups is 1. The van der Waals surface area contributed by atoms with Crippen molar-refractivity contribution in [1.29, 1.82) is 0 Å². The number of rotatable bonds is 7. The maximum atomic E-state index is 4.25. The second-order valence-electron chi connectivity index (χ2n) is 5.52. The van der Waals surface area contributed by atoms with Gasteiger partial charge in [-0.3, -0.25) is 4.68 Å². The molecule has 1 N–H and O–H groups in total. The number of benzene rings is 1. The van der Waals surface area contributed by atoms with Crippen molar-refractivity contribution in [3.63, 3.8) is 0 Å². The number of hydrogen-bond donors (Lipinski definition) is 1. The van der Waals surface area contributed by atoms with Gasteiger partial charge in [0, 0.05) is 29.4 Å². The molecule has 1 aromatic heterocycles. The lowest BCUT2D eigenvalue weighted by atomic mass is 10.0. The molecule has 0 aliphatic carbocycles. The van der Waals surface area contributed by atoms with Gasteiger partial charge in [-0.2, -0.15) is 5.10 Å². The van der Waals surface area contributed by atoms with Crippen molar-refractivity contribution in [1.82, 2.24) is 15.1 Å². The summed E-state index contributed by atoms with van der Waals surface area (Å²) in [6.45, 7) is 7.66. The van der Waals surface area contributed by atoms with Gasteiger partial charge in [0.2, 0.25) is 0 Å². The summed E-state index contributed by atoms with van der Waals surface area (Å²) in [4.78, 5) is 1.22. The van der Waals surface area contributed by atoms with E-state index in [1.165, 1.54) is 16.0 Å². The molecule has 0 aliphatic heterocycles. The molecule has 0 radical (unpaired) electrons. The number of aryl methyl sites for hydroxylation is 2. The standard InChI is InChI=1S/C17H25N3S/c1-5-10-18-17(15-8-6-13(2)7-9-15)14(3)21-16-11-19-20(4)12-16/h6-9,11-12,14,17-18H,5,10H2,1-4H3. The lowest BCUT2D eigenvalue weighted by Gasteiger charge is -2.25. The van der Waals surface area contributed by atoms with E-state index in [1.54, 1.807) is 0 Å². The molecule has 21 heavy (non-hydrogen) atoms. The minimum Gasteiger partial charge on any atom is -0.309 e. The quantitative estimate of drug-likeness (QED) is 0.786. The summed E-state index contributed by atoms with van der Waals surface area (Å²) in [7, 11) is 1.96. The van der Waals surface area contributed by atoms with Crippen LogP contribution in [0.3, 0.4) is 0 Å². The van der Waals surface area contributed by atoms with Crippen LogP contribution >= 0.6 is 11.8 Å². The Labute approximate surface area is 132 Å². The summed E-state index contributed by atoms with van der Waals surface area (Å²) in [6, 6.07) is 9.22. The predicted molar refractivity (Wildman–Crippen MR) is 90.7 cm³/mol. The summed E-state index contributed by atoms with van der Waals surface area (Å²) in [5.41, 5.74) is 2.67. The molecule has 4 heteroatoms. The summed E-state index contributed by atoms with van der Waals surface area (Å²) >= 11 is 1.88. The minimum absolute atomic E-state index is 0.357. The van der Waals surface area contributed by atoms with Crippen LogP contribution in [0.2, 0.25) is 0 Å². The third-order valence-corrected chi connectivity index (χ3v) is 4.65. The predicted octanol–water partition coefficient (Wildman–Crippen LogP) is 3.95. The van der Waals surface area contributed by atoms with E-state index < -0.39 is 0 Å². The zero-order valence-corrected chi connectivity index (χ0v) is 14.2. The molecule has 1 aromatic carbocycles. The van der Waals surface area contributed by atoms with Crippen molar-refractivity contribution in [2.75, 3.05) is 6.54 Å². The van der Waals surface area contributed by atoms with Gasteiger partial charge in [-0.15, -0.1) is 11.8 Å². The highest BCUT2D eigenvalue weighted by molar-refractivity contribution is 8.00. The lowest BCUT2D eigenvalue weighted by Crippen LogP contribution is -2.29. The van der Waals surface area contributed by atoms with E-state index >= 15 is 0 Å². The second kappa shape index (κ2) is 7.66. The largest absolute Gasteiger partial charge is 0.309 e. The van der Waals surface area contributed by atoms with Crippen molar-refractivity contribution >= 4 is 11.8 Å². The third kappa shape index (κ3) is 4.61. The van der Waals surface area contributed by atoms with E-state index in [2.05, 4.69) is 61.6 Å². The molecule has 114 valence electrons. The SMILES string of the molecule is CCCNC(c1ccc(C)cc1)C(C)Sc1cnn(C)c1. The molecule has 0 amide bonds. The van der Waals surface area contributed by atoms with Crippen LogP contribution < -0.4 is 5.32 Å². The van der Waals surface area contributed by atoms with E-state index in [9.17, 15) is 0 Å². The molecular formula is C17H25N3S. The second-order valence-corrected chi connectivity index (χ2v) is 6.97. The fraction of sp³-hybridized carbons (Fsp3) is 0.471. The fourth-order valence-electron chi connectivity index (χ4n) is 2.37. The maximum Gasteiger partial charge on any atom is 0.0625 e. The Hall–Kier alpha value is -1.26. The van der Waals surface area contributed by atoms with Crippen molar-refractivity contribution < 1.29 is 0 Å². The first-order chi connectivity index (χ1) is 10.1. The van der Waals surface area contributed by atoms with E-state index in [-0.39, 0.29) is 0 Å². The zero-order chi connectivity index (χ0) is 15.2. The van der Waals surface area contributed by atoms with Gasteiger partial charge < -0.3 is 5.32 Å². The summed E-state index contributed by atoms with van der Waals surface area (Å²) in [5.74, 6) is 0. The van der Waals surface area contributed by atoms with Gasteiger partial charge in [0.25, 0.3) is 0 Å². The number of aromatic nitrogens is 2. The average molecular weight is 303 g/mol. The Balaban J connectivity index is 2.12. The highest BCUT2D eigenvalue weighted by Crippen LogP contribution is 2.31. The molecule has 0 saturated carbocycles. The van der Waals surface area contributed by atoms with E-state index in [0.717, 1.165) is 13.0 Å². The molecule has 0 saturated heterocycles. The van der Waals surface area contributed by atoms with Crippen LogP contribution in [0.25, 0.3) is 0 Å². The Morgan fingerprint density at radius 3 is 2.57 bits per heavy atom. The normalized spacial score (nSPS) is 14.1. The summed E-state index contributed by atoms with van der Waals surface area (Å²) in [6.07, 6.45) is 5.16. The fourth-order valence-corrected chi connectivity index (χ4v) is 3.51. The van der Waals surface area contributed by atoms with Crippen LogP contribution in [-0.4, -0.2) is 21.6 Å². The first kappa shape index (κ1) is 16.1. The van der Waals surface area contributed by atoms with Crippen molar-refractivity contribution in [3.8, 4) is 0 Å². The van der Waals surface area contributed by atoms with Gasteiger partial charge in [0.05, 0.1) is 6.20 Å². The Bertz CT molecular complexity index is 547. The minimum atomic E-state index is 0.357. The Morgan fingerprint density at radius 1 is 1.29 bits per heavy atom. The van der Waals surface area contributed by atoms with Crippen LogP contribution in [0, 0.1) is 6.92 Å². The maximum absolute atomic E-state index is 4.25. The molecule has 3 nitrogen and oxygen atoms in total. The molecule has 0 bridgehead atoms. The zero-order valence-electron chi connectivity index (χ0n) is 13.3. The smallest absolute Gasteiger partial charge is 0.0625 e. The topological polar surface area (TPSA) is 29.9 Å². The first-order valence-electron chi connectivity index (χ1n) is 7.55. The van der Waals surface area contributed by atoms with Gasteiger partial charge in [0.1, 0.15) is 0 Å². The number of nitrogens with zero attached hydrogens (tertiary/aromatic N) is 2. The van der Waals surface area contributed by atoms with Gasteiger partial charge in [-0.1, -0.05) is 43.7 Å². The van der Waals surface area contributed by atoms with Crippen LogP contribution in [-0.2, 0) is 7.05 Å². The first-order valence-corrected chi connectivity index (χ1v) is 8.43. The monoisotopic (exact) mass is 303 g/mol. The highest BCUT2D eigenvalue weighted by Gasteiger charge is 2.20. The molecule has 1 heterocycles. The van der Waals surface area contributed by atoms with Crippen LogP contribution in [0.5, 0.6) is 0 Å². The molecule has 2 rings (SSSR count). The highest BCUT2D eigenvalue weighted by atomic mass is 32.2. The number of hydrogen-bond acceptors (Lipinski definition) is 3.